The molecule has 6 nitrogen and oxygen atoms in total. The number of carbonyl (C=O) groups is 1. The van der Waals surface area contributed by atoms with E-state index in [1.165, 1.54) is 30.2 Å². The number of hydrogen-bond donors (Lipinski definition) is 1. The maximum atomic E-state index is 13.1. The summed E-state index contributed by atoms with van der Waals surface area (Å²) in [7, 11) is 0. The van der Waals surface area contributed by atoms with Gasteiger partial charge in [-0.05, 0) is 56.9 Å². The number of hydrogen-bond acceptors (Lipinski definition) is 6. The quantitative estimate of drug-likeness (QED) is 0.671. The van der Waals surface area contributed by atoms with Crippen LogP contribution in [0.4, 0.5) is 4.39 Å². The first-order valence-electron chi connectivity index (χ1n) is 9.03. The zero-order valence-electron chi connectivity index (χ0n) is 15.5. The highest BCUT2D eigenvalue weighted by atomic mass is 32.1. The van der Waals surface area contributed by atoms with Gasteiger partial charge in [-0.15, -0.1) is 11.3 Å². The molecule has 0 spiro atoms. The average molecular weight is 398 g/mol. The van der Waals surface area contributed by atoms with Crippen molar-refractivity contribution in [2.24, 2.45) is 5.92 Å². The summed E-state index contributed by atoms with van der Waals surface area (Å²) in [4.78, 5) is 21.5. The van der Waals surface area contributed by atoms with Crippen LogP contribution in [0, 0.1) is 25.6 Å². The number of nitrogens with zero attached hydrogens (tertiary/aromatic N) is 3. The fraction of sp³-hybridized carbons (Fsp3) is 0.300. The minimum absolute atomic E-state index is 0.0705. The van der Waals surface area contributed by atoms with E-state index in [1.54, 1.807) is 13.0 Å². The van der Waals surface area contributed by atoms with Gasteiger partial charge in [0, 0.05) is 12.1 Å². The Morgan fingerprint density at radius 1 is 1.36 bits per heavy atom. The lowest BCUT2D eigenvalue weighted by molar-refractivity contribution is 0.0955. The first kappa shape index (κ1) is 18.5. The Morgan fingerprint density at radius 3 is 2.89 bits per heavy atom. The molecule has 1 amide bonds. The molecule has 1 aliphatic rings. The Bertz CT molecular complexity index is 1040. The molecule has 28 heavy (non-hydrogen) atoms. The van der Waals surface area contributed by atoms with E-state index in [0.717, 1.165) is 18.3 Å². The third-order valence-corrected chi connectivity index (χ3v) is 5.66. The molecule has 0 aliphatic heterocycles. The molecule has 0 unspecified atom stereocenters. The Balaban J connectivity index is 1.55. The molecule has 1 N–H and O–H groups in total. The number of aryl methyl sites for hydroxylation is 2. The molecule has 0 bridgehead atoms. The Morgan fingerprint density at radius 2 is 2.18 bits per heavy atom. The first-order valence-corrected chi connectivity index (χ1v) is 9.85. The van der Waals surface area contributed by atoms with Gasteiger partial charge in [0.1, 0.15) is 27.2 Å². The summed E-state index contributed by atoms with van der Waals surface area (Å²) in [5.41, 5.74) is 2.50. The van der Waals surface area contributed by atoms with Crippen LogP contribution in [0.25, 0.3) is 23.5 Å². The van der Waals surface area contributed by atoms with Gasteiger partial charge in [-0.25, -0.2) is 9.37 Å². The smallest absolute Gasteiger partial charge is 0.263 e. The van der Waals surface area contributed by atoms with Crippen molar-refractivity contribution >= 4 is 29.4 Å². The predicted molar refractivity (Wildman–Crippen MR) is 105 cm³/mol. The van der Waals surface area contributed by atoms with Gasteiger partial charge in [0.25, 0.3) is 5.91 Å². The van der Waals surface area contributed by atoms with Crippen LogP contribution in [-0.2, 0) is 0 Å². The second-order valence-electron chi connectivity index (χ2n) is 6.82. The molecule has 8 heteroatoms. The lowest BCUT2D eigenvalue weighted by atomic mass is 10.1. The summed E-state index contributed by atoms with van der Waals surface area (Å²) in [6, 6.07) is 2.89. The zero-order chi connectivity index (χ0) is 19.7. The maximum absolute atomic E-state index is 13.1. The van der Waals surface area contributed by atoms with E-state index in [-0.39, 0.29) is 5.91 Å². The highest BCUT2D eigenvalue weighted by molar-refractivity contribution is 7.14. The van der Waals surface area contributed by atoms with Gasteiger partial charge in [-0.2, -0.15) is 0 Å². The van der Waals surface area contributed by atoms with Gasteiger partial charge in [0.2, 0.25) is 0 Å². The van der Waals surface area contributed by atoms with Gasteiger partial charge >= 0.3 is 0 Å². The molecule has 0 atom stereocenters. The van der Waals surface area contributed by atoms with Gasteiger partial charge in [0.05, 0.1) is 17.6 Å². The summed E-state index contributed by atoms with van der Waals surface area (Å²) in [6.45, 7) is 4.36. The minimum Gasteiger partial charge on any atom is -0.360 e. The molecule has 0 aromatic carbocycles. The zero-order valence-corrected chi connectivity index (χ0v) is 16.3. The second kappa shape index (κ2) is 7.63. The standard InChI is InChI=1S/C20H19FN4O2S/c1-11-19(20(26)23-9-13-3-4-13)28-17(24-11)8-6-15-12(2)27-25-18(15)16-7-5-14(21)10-22-16/h5-8,10,13H,3-4,9H2,1-2H3,(H,23,26). The Kier molecular flexibility index (Phi) is 5.04. The molecule has 1 saturated carbocycles. The van der Waals surface area contributed by atoms with E-state index in [2.05, 4.69) is 20.4 Å². The Hall–Kier alpha value is -2.87. The molecule has 3 aromatic heterocycles. The maximum Gasteiger partial charge on any atom is 0.263 e. The highest BCUT2D eigenvalue weighted by Gasteiger charge is 2.23. The molecular weight excluding hydrogens is 379 g/mol. The first-order chi connectivity index (χ1) is 13.5. The predicted octanol–water partition coefficient (Wildman–Crippen LogP) is 4.26. The fourth-order valence-corrected chi connectivity index (χ4v) is 3.66. The lowest BCUT2D eigenvalue weighted by Crippen LogP contribution is -2.25. The number of rotatable bonds is 6. The summed E-state index contributed by atoms with van der Waals surface area (Å²) in [5, 5.41) is 7.72. The van der Waals surface area contributed by atoms with Crippen molar-refractivity contribution in [1.29, 1.82) is 0 Å². The average Bonchev–Trinajstić information content (AvgIpc) is 3.34. The summed E-state index contributed by atoms with van der Waals surface area (Å²) < 4.78 is 18.4. The topological polar surface area (TPSA) is 80.9 Å². The second-order valence-corrected chi connectivity index (χ2v) is 7.85. The van der Waals surface area contributed by atoms with Crippen molar-refractivity contribution in [3.63, 3.8) is 0 Å². The van der Waals surface area contributed by atoms with E-state index in [9.17, 15) is 9.18 Å². The van der Waals surface area contributed by atoms with E-state index >= 15 is 0 Å². The van der Waals surface area contributed by atoms with Crippen LogP contribution in [0.5, 0.6) is 0 Å². The lowest BCUT2D eigenvalue weighted by Gasteiger charge is -2.01. The van der Waals surface area contributed by atoms with Crippen molar-refractivity contribution < 1.29 is 13.7 Å². The van der Waals surface area contributed by atoms with Crippen LogP contribution < -0.4 is 5.32 Å². The van der Waals surface area contributed by atoms with Crippen LogP contribution in [-0.4, -0.2) is 27.6 Å². The molecular formula is C20H19FN4O2S. The van der Waals surface area contributed by atoms with Gasteiger partial charge < -0.3 is 9.84 Å². The molecule has 1 fully saturated rings. The number of halogens is 1. The monoisotopic (exact) mass is 398 g/mol. The van der Waals surface area contributed by atoms with Crippen molar-refractivity contribution in [2.75, 3.05) is 6.54 Å². The number of amides is 1. The van der Waals surface area contributed by atoms with Crippen molar-refractivity contribution in [3.8, 4) is 11.4 Å². The third kappa shape index (κ3) is 4.01. The van der Waals surface area contributed by atoms with Crippen LogP contribution in [0.2, 0.25) is 0 Å². The molecule has 3 heterocycles. The van der Waals surface area contributed by atoms with Crippen molar-refractivity contribution in [1.82, 2.24) is 20.4 Å². The molecule has 3 aromatic rings. The van der Waals surface area contributed by atoms with Crippen LogP contribution in [0.1, 0.15) is 44.5 Å². The molecule has 1 aliphatic carbocycles. The van der Waals surface area contributed by atoms with Crippen LogP contribution in [0.15, 0.2) is 22.9 Å². The van der Waals surface area contributed by atoms with E-state index in [4.69, 9.17) is 4.52 Å². The van der Waals surface area contributed by atoms with Gasteiger partial charge in [0.15, 0.2) is 0 Å². The SMILES string of the molecule is Cc1nc(C=Cc2c(-c3ccc(F)cn3)noc2C)sc1C(=O)NCC1CC1. The number of carbonyl (C=O) groups excluding carboxylic acids is 1. The Labute approximate surface area is 165 Å². The third-order valence-electron chi connectivity index (χ3n) is 4.54. The van der Waals surface area contributed by atoms with E-state index < -0.39 is 5.82 Å². The number of aromatic nitrogens is 3. The van der Waals surface area contributed by atoms with E-state index in [1.807, 2.05) is 19.1 Å². The normalized spacial score (nSPS) is 14.0. The summed E-state index contributed by atoms with van der Waals surface area (Å²) in [5.74, 6) is 0.769. The number of thiazole rings is 1. The summed E-state index contributed by atoms with van der Waals surface area (Å²) >= 11 is 1.34. The number of pyridine rings is 1. The fourth-order valence-electron chi connectivity index (χ4n) is 2.77. The molecule has 4 rings (SSSR count). The van der Waals surface area contributed by atoms with Gasteiger partial charge in [-0.1, -0.05) is 5.16 Å². The van der Waals surface area contributed by atoms with Crippen molar-refractivity contribution in [3.05, 3.63) is 51.0 Å². The van der Waals surface area contributed by atoms with Crippen molar-refractivity contribution in [2.45, 2.75) is 26.7 Å². The summed E-state index contributed by atoms with van der Waals surface area (Å²) in [6.07, 6.45) is 7.18. The highest BCUT2D eigenvalue weighted by Crippen LogP contribution is 2.29. The largest absolute Gasteiger partial charge is 0.360 e. The minimum atomic E-state index is -0.410. The van der Waals surface area contributed by atoms with Crippen LogP contribution in [0.3, 0.4) is 0 Å². The molecule has 0 radical (unpaired) electrons. The van der Waals surface area contributed by atoms with Crippen LogP contribution >= 0.6 is 11.3 Å². The number of nitrogens with one attached hydrogen (secondary N) is 1. The molecule has 144 valence electrons. The van der Waals surface area contributed by atoms with Gasteiger partial charge in [-0.3, -0.25) is 9.78 Å². The van der Waals surface area contributed by atoms with E-state index in [0.29, 0.717) is 38.6 Å². The molecule has 0 saturated heterocycles.